The molecule has 0 unspecified atom stereocenters. The maximum Gasteiger partial charge on any atom is 0.264 e. The molecule has 0 aliphatic carbocycles. The number of amides is 1. The molecule has 3 rings (SSSR count). The van der Waals surface area contributed by atoms with Gasteiger partial charge in [0.15, 0.2) is 5.16 Å². The third-order valence-corrected chi connectivity index (χ3v) is 4.11. The van der Waals surface area contributed by atoms with Crippen LogP contribution in [0.25, 0.3) is 11.3 Å². The van der Waals surface area contributed by atoms with Crippen LogP contribution in [0.15, 0.2) is 57.5 Å². The number of aryl methyl sites for hydroxylation is 1. The number of nitrogens with zero attached hydrogens (tertiary/aromatic N) is 3. The molecule has 0 spiro atoms. The zero-order valence-electron chi connectivity index (χ0n) is 12.5. The highest BCUT2D eigenvalue weighted by molar-refractivity contribution is 7.98. The van der Waals surface area contributed by atoms with E-state index in [1.54, 1.807) is 30.6 Å². The lowest BCUT2D eigenvalue weighted by Crippen LogP contribution is -2.11. The molecule has 8 heteroatoms. The summed E-state index contributed by atoms with van der Waals surface area (Å²) in [5.41, 5.74) is 6.74. The number of halogens is 1. The lowest BCUT2D eigenvalue weighted by atomic mass is 10.1. The van der Waals surface area contributed by atoms with Crippen molar-refractivity contribution in [3.05, 3.63) is 53.5 Å². The van der Waals surface area contributed by atoms with Gasteiger partial charge in [0.05, 0.1) is 0 Å². The van der Waals surface area contributed by atoms with E-state index in [-0.39, 0.29) is 6.42 Å². The molecular formula is C16H13ClN4O2S. The predicted molar refractivity (Wildman–Crippen MR) is 90.6 cm³/mol. The Bertz CT molecular complexity index is 837. The first kappa shape index (κ1) is 16.5. The molecule has 24 heavy (non-hydrogen) atoms. The molecule has 0 atom stereocenters. The fraction of sp³-hybridized carbons (Fsp3) is 0.125. The fourth-order valence-corrected chi connectivity index (χ4v) is 2.82. The minimum Gasteiger partial charge on any atom is -0.436 e. The van der Waals surface area contributed by atoms with E-state index >= 15 is 0 Å². The molecule has 0 bridgehead atoms. The van der Waals surface area contributed by atoms with Gasteiger partial charge in [-0.15, -0.1) is 0 Å². The third-order valence-electron chi connectivity index (χ3n) is 3.11. The van der Waals surface area contributed by atoms with Gasteiger partial charge in [-0.1, -0.05) is 23.7 Å². The van der Waals surface area contributed by atoms with Crippen LogP contribution in [0.5, 0.6) is 0 Å². The van der Waals surface area contributed by atoms with Gasteiger partial charge in [0.25, 0.3) is 5.22 Å². The number of carbonyl (C=O) groups is 1. The van der Waals surface area contributed by atoms with E-state index in [1.807, 2.05) is 12.1 Å². The van der Waals surface area contributed by atoms with Crippen molar-refractivity contribution in [3.8, 4) is 11.3 Å². The number of benzene rings is 1. The molecule has 0 fully saturated rings. The molecule has 122 valence electrons. The Hall–Kier alpha value is -2.38. The van der Waals surface area contributed by atoms with Gasteiger partial charge in [0.2, 0.25) is 5.91 Å². The second-order valence-electron chi connectivity index (χ2n) is 4.86. The van der Waals surface area contributed by atoms with Crippen LogP contribution in [0.4, 0.5) is 0 Å². The van der Waals surface area contributed by atoms with Crippen molar-refractivity contribution < 1.29 is 9.21 Å². The Balaban J connectivity index is 1.92. The van der Waals surface area contributed by atoms with Crippen LogP contribution in [0.2, 0.25) is 5.02 Å². The van der Waals surface area contributed by atoms with Crippen molar-refractivity contribution in [3.63, 3.8) is 0 Å². The molecule has 2 aromatic heterocycles. The summed E-state index contributed by atoms with van der Waals surface area (Å²) in [5.74, 6) is 0.198. The molecule has 1 aromatic carbocycles. The van der Waals surface area contributed by atoms with Crippen LogP contribution >= 0.6 is 23.4 Å². The monoisotopic (exact) mass is 360 g/mol. The van der Waals surface area contributed by atoms with Crippen LogP contribution in [-0.4, -0.2) is 20.9 Å². The number of hydrogen-bond donors (Lipinski definition) is 1. The summed E-state index contributed by atoms with van der Waals surface area (Å²) in [6.45, 7) is 0. The zero-order chi connectivity index (χ0) is 16.9. The van der Waals surface area contributed by atoms with Crippen LogP contribution in [-0.2, 0) is 11.2 Å². The van der Waals surface area contributed by atoms with Gasteiger partial charge >= 0.3 is 0 Å². The van der Waals surface area contributed by atoms with Crippen molar-refractivity contribution in [2.75, 3.05) is 0 Å². The molecule has 1 amide bonds. The van der Waals surface area contributed by atoms with Crippen LogP contribution in [0, 0.1) is 0 Å². The molecule has 0 saturated heterocycles. The van der Waals surface area contributed by atoms with Gasteiger partial charge in [0, 0.05) is 47.6 Å². The van der Waals surface area contributed by atoms with Crippen molar-refractivity contribution in [1.29, 1.82) is 0 Å². The van der Waals surface area contributed by atoms with E-state index in [0.717, 1.165) is 5.56 Å². The summed E-state index contributed by atoms with van der Waals surface area (Å²) >= 11 is 7.14. The summed E-state index contributed by atoms with van der Waals surface area (Å²) in [7, 11) is 0. The summed E-state index contributed by atoms with van der Waals surface area (Å²) < 4.78 is 5.78. The van der Waals surface area contributed by atoms with E-state index in [4.69, 9.17) is 21.8 Å². The van der Waals surface area contributed by atoms with E-state index in [0.29, 0.717) is 33.3 Å². The number of rotatable bonds is 6. The van der Waals surface area contributed by atoms with E-state index in [9.17, 15) is 4.79 Å². The topological polar surface area (TPSA) is 94.9 Å². The third kappa shape index (κ3) is 4.12. The quantitative estimate of drug-likeness (QED) is 0.677. The molecule has 0 aliphatic heterocycles. The highest BCUT2D eigenvalue weighted by Crippen LogP contribution is 2.32. The normalized spacial score (nSPS) is 10.7. The van der Waals surface area contributed by atoms with Gasteiger partial charge in [-0.25, -0.2) is 15.0 Å². The van der Waals surface area contributed by atoms with Gasteiger partial charge in [0.1, 0.15) is 11.5 Å². The molecule has 6 nitrogen and oxygen atoms in total. The Morgan fingerprint density at radius 3 is 2.58 bits per heavy atom. The maximum absolute atomic E-state index is 11.1. The highest BCUT2D eigenvalue weighted by Gasteiger charge is 2.17. The van der Waals surface area contributed by atoms with Crippen molar-refractivity contribution in [2.24, 2.45) is 5.73 Å². The van der Waals surface area contributed by atoms with E-state index in [1.165, 1.54) is 11.8 Å². The summed E-state index contributed by atoms with van der Waals surface area (Å²) in [5, 5.41) is 1.57. The van der Waals surface area contributed by atoms with Crippen molar-refractivity contribution in [2.45, 2.75) is 23.2 Å². The Labute approximate surface area is 147 Å². The van der Waals surface area contributed by atoms with E-state index in [2.05, 4.69) is 15.0 Å². The maximum atomic E-state index is 11.1. The van der Waals surface area contributed by atoms with E-state index < -0.39 is 5.91 Å². The lowest BCUT2D eigenvalue weighted by molar-refractivity contribution is -0.118. The Kier molecular flexibility index (Phi) is 5.12. The van der Waals surface area contributed by atoms with Gasteiger partial charge < -0.3 is 10.2 Å². The van der Waals surface area contributed by atoms with Crippen molar-refractivity contribution in [1.82, 2.24) is 15.0 Å². The number of carbonyl (C=O) groups excluding carboxylic acids is 1. The average Bonchev–Trinajstić information content (AvgIpc) is 2.97. The number of primary amides is 1. The second-order valence-corrected chi connectivity index (χ2v) is 6.21. The molecule has 0 saturated carbocycles. The first-order valence-electron chi connectivity index (χ1n) is 7.10. The SMILES string of the molecule is NC(=O)CCc1oc(Sc2ncccn2)nc1-c1ccc(Cl)cc1. The minimum atomic E-state index is -0.394. The first-order chi connectivity index (χ1) is 11.6. The number of nitrogens with two attached hydrogens (primary N) is 1. The number of aromatic nitrogens is 3. The minimum absolute atomic E-state index is 0.182. The van der Waals surface area contributed by atoms with Crippen LogP contribution in [0.1, 0.15) is 12.2 Å². The molecule has 2 N–H and O–H groups in total. The summed E-state index contributed by atoms with van der Waals surface area (Å²) in [4.78, 5) is 23.8. The summed E-state index contributed by atoms with van der Waals surface area (Å²) in [6, 6.07) is 8.98. The largest absolute Gasteiger partial charge is 0.436 e. The van der Waals surface area contributed by atoms with Crippen molar-refractivity contribution >= 4 is 29.3 Å². The summed E-state index contributed by atoms with van der Waals surface area (Å²) in [6.07, 6.45) is 3.84. The number of hydrogen-bond acceptors (Lipinski definition) is 6. The van der Waals surface area contributed by atoms with Gasteiger partial charge in [-0.3, -0.25) is 4.79 Å². The molecule has 0 aliphatic rings. The Morgan fingerprint density at radius 1 is 1.21 bits per heavy atom. The first-order valence-corrected chi connectivity index (χ1v) is 8.30. The van der Waals surface area contributed by atoms with Gasteiger partial charge in [-0.2, -0.15) is 0 Å². The lowest BCUT2D eigenvalue weighted by Gasteiger charge is -2.00. The second kappa shape index (κ2) is 7.46. The van der Waals surface area contributed by atoms with Crippen LogP contribution in [0.3, 0.4) is 0 Å². The number of oxazole rings is 1. The smallest absolute Gasteiger partial charge is 0.264 e. The average molecular weight is 361 g/mol. The molecule has 2 heterocycles. The predicted octanol–water partition coefficient (Wildman–Crippen LogP) is 3.35. The standard InChI is InChI=1S/C16H13ClN4O2S/c17-11-4-2-10(3-5-11)14-12(6-7-13(18)22)23-16(21-14)24-15-19-8-1-9-20-15/h1-5,8-9H,6-7H2,(H2,18,22). The molecule has 3 aromatic rings. The zero-order valence-corrected chi connectivity index (χ0v) is 14.0. The fourth-order valence-electron chi connectivity index (χ4n) is 2.03. The molecule has 0 radical (unpaired) electrons. The van der Waals surface area contributed by atoms with Gasteiger partial charge in [-0.05, 0) is 18.2 Å². The van der Waals surface area contributed by atoms with Crippen LogP contribution < -0.4 is 5.73 Å². The molecular weight excluding hydrogens is 348 g/mol. The Morgan fingerprint density at radius 2 is 1.92 bits per heavy atom. The highest BCUT2D eigenvalue weighted by atomic mass is 35.5.